The summed E-state index contributed by atoms with van der Waals surface area (Å²) in [5.74, 6) is 5.04. The van der Waals surface area contributed by atoms with Crippen LogP contribution in [0.25, 0.3) is 0 Å². The standard InChI is InChI=1S/C10H14BrNO2/c1-10(6-13,7-14-12)8-2-4-9(11)5-3-8/h2-5,13H,6-7,12H2,1H3. The van der Waals surface area contributed by atoms with Gasteiger partial charge in [-0.1, -0.05) is 35.0 Å². The Balaban J connectivity index is 2.94. The third-order valence-corrected chi connectivity index (χ3v) is 2.82. The fraction of sp³-hybridized carbons (Fsp3) is 0.400. The molecule has 4 heteroatoms. The first kappa shape index (κ1) is 11.7. The Hall–Kier alpha value is -0.420. The molecule has 0 aliphatic carbocycles. The molecule has 1 atom stereocenters. The summed E-state index contributed by atoms with van der Waals surface area (Å²) < 4.78 is 1.01. The molecule has 0 aromatic heterocycles. The lowest BCUT2D eigenvalue weighted by molar-refractivity contribution is 0.0595. The zero-order valence-corrected chi connectivity index (χ0v) is 9.62. The molecule has 0 saturated carbocycles. The molecule has 14 heavy (non-hydrogen) atoms. The molecule has 0 aliphatic rings. The maximum Gasteiger partial charge on any atom is 0.0795 e. The van der Waals surface area contributed by atoms with Crippen LogP contribution < -0.4 is 5.90 Å². The summed E-state index contributed by atoms with van der Waals surface area (Å²) >= 11 is 3.35. The summed E-state index contributed by atoms with van der Waals surface area (Å²) in [6, 6.07) is 7.75. The molecule has 0 radical (unpaired) electrons. The first-order chi connectivity index (χ1) is 6.62. The Labute approximate surface area is 92.0 Å². The van der Waals surface area contributed by atoms with Gasteiger partial charge in [-0.3, -0.25) is 0 Å². The van der Waals surface area contributed by atoms with Gasteiger partial charge in [0.2, 0.25) is 0 Å². The van der Waals surface area contributed by atoms with E-state index in [-0.39, 0.29) is 6.61 Å². The second-order valence-electron chi connectivity index (χ2n) is 3.54. The van der Waals surface area contributed by atoms with Crippen LogP contribution in [-0.2, 0) is 10.3 Å². The van der Waals surface area contributed by atoms with Crippen molar-refractivity contribution in [1.29, 1.82) is 0 Å². The molecule has 3 N–H and O–H groups in total. The molecule has 78 valence electrons. The van der Waals surface area contributed by atoms with Gasteiger partial charge in [0.25, 0.3) is 0 Å². The minimum atomic E-state index is -0.435. The molecule has 1 unspecified atom stereocenters. The number of aliphatic hydroxyl groups excluding tert-OH is 1. The van der Waals surface area contributed by atoms with Crippen LogP contribution in [0.3, 0.4) is 0 Å². The smallest absolute Gasteiger partial charge is 0.0795 e. The summed E-state index contributed by atoms with van der Waals surface area (Å²) in [6.07, 6.45) is 0. The van der Waals surface area contributed by atoms with Crippen molar-refractivity contribution in [2.24, 2.45) is 5.90 Å². The summed E-state index contributed by atoms with van der Waals surface area (Å²) in [4.78, 5) is 4.61. The van der Waals surface area contributed by atoms with E-state index in [1.54, 1.807) is 0 Å². The Bertz CT molecular complexity index is 289. The van der Waals surface area contributed by atoms with E-state index in [1.807, 2.05) is 31.2 Å². The van der Waals surface area contributed by atoms with Gasteiger partial charge in [-0.25, -0.2) is 5.90 Å². The molecule has 0 bridgehead atoms. The lowest BCUT2D eigenvalue weighted by Gasteiger charge is -2.26. The molecule has 0 spiro atoms. The maximum absolute atomic E-state index is 9.29. The van der Waals surface area contributed by atoms with E-state index in [2.05, 4.69) is 20.8 Å². The molecule has 0 fully saturated rings. The first-order valence-corrected chi connectivity index (χ1v) is 5.10. The fourth-order valence-corrected chi connectivity index (χ4v) is 1.52. The summed E-state index contributed by atoms with van der Waals surface area (Å²) in [5.41, 5.74) is 0.573. The van der Waals surface area contributed by atoms with Crippen molar-refractivity contribution in [3.05, 3.63) is 34.3 Å². The molecular formula is C10H14BrNO2. The van der Waals surface area contributed by atoms with Gasteiger partial charge < -0.3 is 9.94 Å². The fourth-order valence-electron chi connectivity index (χ4n) is 1.26. The van der Waals surface area contributed by atoms with Crippen LogP contribution in [0.1, 0.15) is 12.5 Å². The number of hydrogen-bond donors (Lipinski definition) is 2. The first-order valence-electron chi connectivity index (χ1n) is 4.31. The van der Waals surface area contributed by atoms with E-state index in [0.717, 1.165) is 10.0 Å². The average Bonchev–Trinajstić information content (AvgIpc) is 2.19. The third-order valence-electron chi connectivity index (χ3n) is 2.29. The maximum atomic E-state index is 9.29. The van der Waals surface area contributed by atoms with E-state index in [9.17, 15) is 5.11 Å². The highest BCUT2D eigenvalue weighted by Crippen LogP contribution is 2.24. The van der Waals surface area contributed by atoms with Crippen molar-refractivity contribution < 1.29 is 9.94 Å². The Morgan fingerprint density at radius 1 is 1.43 bits per heavy atom. The van der Waals surface area contributed by atoms with Crippen LogP contribution in [0.15, 0.2) is 28.7 Å². The quantitative estimate of drug-likeness (QED) is 0.808. The molecule has 1 aromatic rings. The lowest BCUT2D eigenvalue weighted by atomic mass is 9.84. The number of hydrogen-bond acceptors (Lipinski definition) is 3. The topological polar surface area (TPSA) is 55.5 Å². The summed E-state index contributed by atoms with van der Waals surface area (Å²) in [7, 11) is 0. The average molecular weight is 260 g/mol. The summed E-state index contributed by atoms with van der Waals surface area (Å²) in [6.45, 7) is 2.21. The molecule has 1 rings (SSSR count). The predicted molar refractivity (Wildman–Crippen MR) is 58.7 cm³/mol. The second kappa shape index (κ2) is 4.89. The predicted octanol–water partition coefficient (Wildman–Crippen LogP) is 1.59. The molecule has 0 aliphatic heterocycles. The van der Waals surface area contributed by atoms with Gasteiger partial charge in [0.1, 0.15) is 0 Å². The normalized spacial score (nSPS) is 15.1. The van der Waals surface area contributed by atoms with Gasteiger partial charge in [0, 0.05) is 9.89 Å². The summed E-state index contributed by atoms with van der Waals surface area (Å²) in [5, 5.41) is 9.29. The zero-order valence-electron chi connectivity index (χ0n) is 8.03. The van der Waals surface area contributed by atoms with Gasteiger partial charge in [-0.15, -0.1) is 0 Å². The van der Waals surface area contributed by atoms with Gasteiger partial charge in [-0.05, 0) is 17.7 Å². The van der Waals surface area contributed by atoms with E-state index >= 15 is 0 Å². The highest BCUT2D eigenvalue weighted by atomic mass is 79.9. The minimum Gasteiger partial charge on any atom is -0.395 e. The van der Waals surface area contributed by atoms with Crippen LogP contribution in [0, 0.1) is 0 Å². The number of aliphatic hydroxyl groups is 1. The molecule has 0 heterocycles. The van der Waals surface area contributed by atoms with Gasteiger partial charge in [0.05, 0.1) is 13.2 Å². The van der Waals surface area contributed by atoms with Crippen LogP contribution in [0.2, 0.25) is 0 Å². The van der Waals surface area contributed by atoms with Crippen molar-refractivity contribution in [1.82, 2.24) is 0 Å². The largest absolute Gasteiger partial charge is 0.395 e. The van der Waals surface area contributed by atoms with Gasteiger partial charge >= 0.3 is 0 Å². The molecule has 0 saturated heterocycles. The Morgan fingerprint density at radius 3 is 2.43 bits per heavy atom. The minimum absolute atomic E-state index is 0.00579. The Kier molecular flexibility index (Phi) is 4.07. The highest BCUT2D eigenvalue weighted by Gasteiger charge is 2.25. The van der Waals surface area contributed by atoms with Crippen molar-refractivity contribution >= 4 is 15.9 Å². The number of halogens is 1. The highest BCUT2D eigenvalue weighted by molar-refractivity contribution is 9.10. The second-order valence-corrected chi connectivity index (χ2v) is 4.45. The van der Waals surface area contributed by atoms with Crippen LogP contribution in [0.5, 0.6) is 0 Å². The molecule has 3 nitrogen and oxygen atoms in total. The van der Waals surface area contributed by atoms with E-state index in [1.165, 1.54) is 0 Å². The van der Waals surface area contributed by atoms with Crippen molar-refractivity contribution in [3.63, 3.8) is 0 Å². The number of rotatable bonds is 4. The van der Waals surface area contributed by atoms with Gasteiger partial charge in [-0.2, -0.15) is 0 Å². The van der Waals surface area contributed by atoms with E-state index < -0.39 is 5.41 Å². The number of nitrogens with two attached hydrogens (primary N) is 1. The Morgan fingerprint density at radius 2 is 2.00 bits per heavy atom. The molecule has 0 amide bonds. The molecular weight excluding hydrogens is 246 g/mol. The third kappa shape index (κ3) is 2.54. The van der Waals surface area contributed by atoms with Crippen LogP contribution in [-0.4, -0.2) is 18.3 Å². The molecule has 1 aromatic carbocycles. The van der Waals surface area contributed by atoms with Crippen molar-refractivity contribution in [2.45, 2.75) is 12.3 Å². The number of benzene rings is 1. The van der Waals surface area contributed by atoms with Gasteiger partial charge in [0.15, 0.2) is 0 Å². The van der Waals surface area contributed by atoms with E-state index in [4.69, 9.17) is 5.90 Å². The lowest BCUT2D eigenvalue weighted by Crippen LogP contribution is -2.33. The monoisotopic (exact) mass is 259 g/mol. The van der Waals surface area contributed by atoms with Crippen molar-refractivity contribution in [3.8, 4) is 0 Å². The SMILES string of the molecule is CC(CO)(CON)c1ccc(Br)cc1. The van der Waals surface area contributed by atoms with Crippen LogP contribution >= 0.6 is 15.9 Å². The zero-order chi connectivity index (χ0) is 10.6. The van der Waals surface area contributed by atoms with Crippen molar-refractivity contribution in [2.75, 3.05) is 13.2 Å². The van der Waals surface area contributed by atoms with E-state index in [0.29, 0.717) is 6.61 Å². The van der Waals surface area contributed by atoms with Crippen LogP contribution in [0.4, 0.5) is 0 Å².